The molecule has 24 heavy (non-hydrogen) atoms. The molecule has 1 aromatic heterocycles. The largest absolute Gasteiger partial charge is 0.452 e. The molecule has 0 fully saturated rings. The topological polar surface area (TPSA) is 68.3 Å². The van der Waals surface area contributed by atoms with Gasteiger partial charge in [-0.05, 0) is 59.5 Å². The van der Waals surface area contributed by atoms with Crippen LogP contribution >= 0.6 is 15.9 Å². The van der Waals surface area contributed by atoms with Crippen LogP contribution in [0.4, 0.5) is 0 Å². The van der Waals surface area contributed by atoms with Crippen molar-refractivity contribution in [3.05, 3.63) is 63.4 Å². The average Bonchev–Trinajstić information content (AvgIpc) is 2.55. The molecule has 6 heteroatoms. The van der Waals surface area contributed by atoms with Gasteiger partial charge < -0.3 is 10.1 Å². The predicted molar refractivity (Wildman–Crippen MR) is 94.7 cm³/mol. The van der Waals surface area contributed by atoms with Crippen LogP contribution in [0.1, 0.15) is 40.0 Å². The van der Waals surface area contributed by atoms with E-state index in [2.05, 4.69) is 26.2 Å². The number of hydrogen-bond donors (Lipinski definition) is 1. The molecule has 0 saturated carbocycles. The van der Waals surface area contributed by atoms with Crippen LogP contribution in [0, 0.1) is 13.8 Å². The van der Waals surface area contributed by atoms with Crippen LogP contribution in [0.3, 0.4) is 0 Å². The molecule has 0 bridgehead atoms. The Morgan fingerprint density at radius 2 is 1.96 bits per heavy atom. The number of benzene rings is 1. The molecule has 0 radical (unpaired) electrons. The van der Waals surface area contributed by atoms with Gasteiger partial charge in [0.15, 0.2) is 6.61 Å². The first-order valence-corrected chi connectivity index (χ1v) is 8.30. The second-order valence-corrected chi connectivity index (χ2v) is 6.52. The number of nitrogens with one attached hydrogen (secondary N) is 1. The summed E-state index contributed by atoms with van der Waals surface area (Å²) in [4.78, 5) is 27.7. The van der Waals surface area contributed by atoms with Gasteiger partial charge in [0, 0.05) is 16.9 Å². The monoisotopic (exact) mass is 390 g/mol. The van der Waals surface area contributed by atoms with Crippen LogP contribution in [0.2, 0.25) is 0 Å². The summed E-state index contributed by atoms with van der Waals surface area (Å²) in [6, 6.07) is 7.47. The first-order valence-electron chi connectivity index (χ1n) is 7.51. The summed E-state index contributed by atoms with van der Waals surface area (Å²) >= 11 is 3.23. The lowest BCUT2D eigenvalue weighted by Gasteiger charge is -2.15. The molecule has 5 nitrogen and oxygen atoms in total. The highest BCUT2D eigenvalue weighted by molar-refractivity contribution is 9.10. The summed E-state index contributed by atoms with van der Waals surface area (Å²) in [6.45, 7) is 5.63. The van der Waals surface area contributed by atoms with E-state index in [1.54, 1.807) is 12.3 Å². The molecule has 1 aromatic carbocycles. The van der Waals surface area contributed by atoms with Crippen LogP contribution < -0.4 is 5.32 Å². The van der Waals surface area contributed by atoms with E-state index in [-0.39, 0.29) is 18.6 Å². The average molecular weight is 391 g/mol. The zero-order valence-electron chi connectivity index (χ0n) is 13.8. The number of carbonyl (C=O) groups excluding carboxylic acids is 2. The fraction of sp³-hybridized carbons (Fsp3) is 0.278. The summed E-state index contributed by atoms with van der Waals surface area (Å²) in [5, 5.41) is 2.82. The summed E-state index contributed by atoms with van der Waals surface area (Å²) in [6.07, 6.45) is 2.96. The van der Waals surface area contributed by atoms with E-state index in [1.807, 2.05) is 39.0 Å². The maximum Gasteiger partial charge on any atom is 0.340 e. The molecule has 1 N–H and O–H groups in total. The lowest BCUT2D eigenvalue weighted by Crippen LogP contribution is -2.31. The quantitative estimate of drug-likeness (QED) is 0.793. The first-order chi connectivity index (χ1) is 11.4. The van der Waals surface area contributed by atoms with E-state index in [0.717, 1.165) is 5.56 Å². The Hall–Kier alpha value is -2.21. The standard InChI is InChI=1S/C18H19BrN2O3/c1-11-4-5-14(6-12(11)2)13(3)21-17(22)10-24-18(23)15-7-16(19)9-20-8-15/h4-9,13H,10H2,1-3H3,(H,21,22)/t13-/m0/s1. The fourth-order valence-electron chi connectivity index (χ4n) is 2.14. The van der Waals surface area contributed by atoms with Crippen molar-refractivity contribution in [2.24, 2.45) is 0 Å². The molecule has 2 rings (SSSR count). The molecule has 0 saturated heterocycles. The Labute approximate surface area is 149 Å². The number of nitrogens with zero attached hydrogens (tertiary/aromatic N) is 1. The van der Waals surface area contributed by atoms with Gasteiger partial charge in [0.2, 0.25) is 0 Å². The van der Waals surface area contributed by atoms with E-state index in [0.29, 0.717) is 10.0 Å². The summed E-state index contributed by atoms with van der Waals surface area (Å²) < 4.78 is 5.68. The van der Waals surface area contributed by atoms with Gasteiger partial charge in [-0.15, -0.1) is 0 Å². The Morgan fingerprint density at radius 3 is 2.62 bits per heavy atom. The molecule has 1 heterocycles. The van der Waals surface area contributed by atoms with Crippen LogP contribution in [0.5, 0.6) is 0 Å². The molecule has 0 spiro atoms. The van der Waals surface area contributed by atoms with Gasteiger partial charge >= 0.3 is 5.97 Å². The third kappa shape index (κ3) is 4.89. The Balaban J connectivity index is 1.88. The van der Waals surface area contributed by atoms with Gasteiger partial charge in [-0.2, -0.15) is 0 Å². The van der Waals surface area contributed by atoms with Crippen molar-refractivity contribution in [3.63, 3.8) is 0 Å². The lowest BCUT2D eigenvalue weighted by atomic mass is 10.0. The number of ether oxygens (including phenoxy) is 1. The molecule has 1 amide bonds. The van der Waals surface area contributed by atoms with Gasteiger partial charge in [0.1, 0.15) is 0 Å². The SMILES string of the molecule is Cc1ccc([C@H](C)NC(=O)COC(=O)c2cncc(Br)c2)cc1C. The number of amides is 1. The van der Waals surface area contributed by atoms with Crippen LogP contribution in [-0.4, -0.2) is 23.5 Å². The second kappa shape index (κ2) is 8.06. The second-order valence-electron chi connectivity index (χ2n) is 5.60. The minimum Gasteiger partial charge on any atom is -0.452 e. The lowest BCUT2D eigenvalue weighted by molar-refractivity contribution is -0.124. The van der Waals surface area contributed by atoms with Gasteiger partial charge in [-0.25, -0.2) is 4.79 Å². The molecular formula is C18H19BrN2O3. The van der Waals surface area contributed by atoms with Crippen LogP contribution in [-0.2, 0) is 9.53 Å². The maximum atomic E-state index is 12.0. The van der Waals surface area contributed by atoms with E-state index < -0.39 is 5.97 Å². The van der Waals surface area contributed by atoms with Crippen molar-refractivity contribution in [1.82, 2.24) is 10.3 Å². The number of hydrogen-bond acceptors (Lipinski definition) is 4. The maximum absolute atomic E-state index is 12.0. The third-order valence-corrected chi connectivity index (χ3v) is 4.12. The van der Waals surface area contributed by atoms with E-state index in [1.165, 1.54) is 17.3 Å². The zero-order chi connectivity index (χ0) is 17.7. The van der Waals surface area contributed by atoms with E-state index in [4.69, 9.17) is 4.74 Å². The van der Waals surface area contributed by atoms with Crippen molar-refractivity contribution in [2.75, 3.05) is 6.61 Å². The van der Waals surface area contributed by atoms with Crippen molar-refractivity contribution in [1.29, 1.82) is 0 Å². The number of halogens is 1. The number of pyridine rings is 1. The summed E-state index contributed by atoms with van der Waals surface area (Å²) in [5.41, 5.74) is 3.67. The number of esters is 1. The Morgan fingerprint density at radius 1 is 1.21 bits per heavy atom. The minimum absolute atomic E-state index is 0.164. The fourth-order valence-corrected chi connectivity index (χ4v) is 2.50. The number of aromatic nitrogens is 1. The summed E-state index contributed by atoms with van der Waals surface area (Å²) in [5.74, 6) is -0.935. The first kappa shape index (κ1) is 18.1. The smallest absolute Gasteiger partial charge is 0.340 e. The Bertz CT molecular complexity index is 762. The summed E-state index contributed by atoms with van der Waals surface area (Å²) in [7, 11) is 0. The normalized spacial score (nSPS) is 11.7. The van der Waals surface area contributed by atoms with Gasteiger partial charge in [-0.1, -0.05) is 18.2 Å². The van der Waals surface area contributed by atoms with E-state index >= 15 is 0 Å². The van der Waals surface area contributed by atoms with Crippen molar-refractivity contribution in [3.8, 4) is 0 Å². The molecule has 0 unspecified atom stereocenters. The molecule has 2 aromatic rings. The molecule has 1 atom stereocenters. The van der Waals surface area contributed by atoms with Crippen molar-refractivity contribution in [2.45, 2.75) is 26.8 Å². The highest BCUT2D eigenvalue weighted by Gasteiger charge is 2.14. The van der Waals surface area contributed by atoms with Crippen molar-refractivity contribution < 1.29 is 14.3 Å². The van der Waals surface area contributed by atoms with Gasteiger partial charge in [0.25, 0.3) is 5.91 Å². The predicted octanol–water partition coefficient (Wildman–Crippen LogP) is 3.50. The van der Waals surface area contributed by atoms with E-state index in [9.17, 15) is 9.59 Å². The molecule has 0 aliphatic carbocycles. The minimum atomic E-state index is -0.585. The molecule has 0 aliphatic rings. The Kier molecular flexibility index (Phi) is 6.09. The number of aryl methyl sites for hydroxylation is 2. The third-order valence-electron chi connectivity index (χ3n) is 3.68. The number of rotatable bonds is 5. The zero-order valence-corrected chi connectivity index (χ0v) is 15.4. The van der Waals surface area contributed by atoms with Gasteiger partial charge in [-0.3, -0.25) is 9.78 Å². The van der Waals surface area contributed by atoms with Crippen molar-refractivity contribution >= 4 is 27.8 Å². The van der Waals surface area contributed by atoms with Gasteiger partial charge in [0.05, 0.1) is 11.6 Å². The van der Waals surface area contributed by atoms with Crippen LogP contribution in [0.15, 0.2) is 41.1 Å². The molecule has 126 valence electrons. The highest BCUT2D eigenvalue weighted by Crippen LogP contribution is 2.16. The highest BCUT2D eigenvalue weighted by atomic mass is 79.9. The number of carbonyl (C=O) groups is 2. The molecular weight excluding hydrogens is 372 g/mol. The van der Waals surface area contributed by atoms with Crippen LogP contribution in [0.25, 0.3) is 0 Å². The molecule has 0 aliphatic heterocycles.